The van der Waals surface area contributed by atoms with Crippen LogP contribution in [0.3, 0.4) is 0 Å². The molecule has 1 aromatic carbocycles. The zero-order chi connectivity index (χ0) is 44.1. The van der Waals surface area contributed by atoms with Gasteiger partial charge in [-0.2, -0.15) is 0 Å². The van der Waals surface area contributed by atoms with Crippen molar-refractivity contribution in [2.24, 2.45) is 17.8 Å². The number of aliphatic hydroxyl groups is 1. The van der Waals surface area contributed by atoms with Gasteiger partial charge in [0, 0.05) is 37.8 Å². The quantitative estimate of drug-likeness (QED) is 0.0488. The molecule has 1 fully saturated rings. The van der Waals surface area contributed by atoms with Gasteiger partial charge in [-0.25, -0.2) is 10.2 Å². The number of allylic oxidation sites excluding steroid dienone is 5. The molecular weight excluding hydrogens is 753 g/mol. The number of nitrogens with zero attached hydrogens (tertiary/aromatic N) is 1. The number of carbonyl (C=O) groups is 6. The van der Waals surface area contributed by atoms with Gasteiger partial charge in [-0.1, -0.05) is 87.6 Å². The molecule has 1 aliphatic heterocycles. The standard InChI is InChI=1S/C46H68N4O9/c1-31(2)41(47-9)43(55)48-38(29-35-21-14-12-15-22-35)44(56)50-28-18-23-37(49-50)45(57)58-39(32(3)20-17-25-40(53)59-46(6,7)8)24-16-11-10-13-19-33(4)42(54)36(30-51)27-26-34(5)52/h10-17,20-22,25,30-31,33,36-39,41-42,47,49,54H,18-19,23-24,26-29H2,1-9H3,(H,48,55)/b13-10+,16-11+,25-17+,32-20+/t33?,36?,37?,38?,39-,41?,42?/m0/s1. The predicted molar refractivity (Wildman–Crippen MR) is 228 cm³/mol. The van der Waals surface area contributed by atoms with E-state index >= 15 is 0 Å². The molecule has 0 aliphatic carbocycles. The summed E-state index contributed by atoms with van der Waals surface area (Å²) in [4.78, 5) is 76.3. The van der Waals surface area contributed by atoms with Gasteiger partial charge in [0.05, 0.1) is 12.1 Å². The fourth-order valence-electron chi connectivity index (χ4n) is 6.56. The molecule has 13 heteroatoms. The third kappa shape index (κ3) is 18.8. The fourth-order valence-corrected chi connectivity index (χ4v) is 6.56. The largest absolute Gasteiger partial charge is 0.457 e. The summed E-state index contributed by atoms with van der Waals surface area (Å²) in [6, 6.07) is 7.19. The summed E-state index contributed by atoms with van der Waals surface area (Å²) in [6.07, 6.45) is 13.5. The van der Waals surface area contributed by atoms with Crippen molar-refractivity contribution in [2.45, 2.75) is 136 Å². The van der Waals surface area contributed by atoms with Gasteiger partial charge in [0.15, 0.2) is 0 Å². The van der Waals surface area contributed by atoms with Gasteiger partial charge >= 0.3 is 11.9 Å². The molecule has 4 N–H and O–H groups in total. The maximum atomic E-state index is 14.1. The van der Waals surface area contributed by atoms with Crippen molar-refractivity contribution in [3.63, 3.8) is 0 Å². The second-order valence-corrected chi connectivity index (χ2v) is 16.6. The first-order chi connectivity index (χ1) is 27.9. The van der Waals surface area contributed by atoms with E-state index in [1.807, 2.05) is 69.3 Å². The summed E-state index contributed by atoms with van der Waals surface area (Å²) < 4.78 is 11.4. The Bertz CT molecular complexity index is 1650. The predicted octanol–water partition coefficient (Wildman–Crippen LogP) is 5.28. The van der Waals surface area contributed by atoms with E-state index in [0.29, 0.717) is 44.1 Å². The number of rotatable bonds is 23. The number of Topliss-reactive ketones (excluding diaryl/α,β-unsaturated/α-hetero) is 1. The van der Waals surface area contributed by atoms with Crippen LogP contribution in [-0.4, -0.2) is 95.5 Å². The molecule has 0 aromatic heterocycles. The van der Waals surface area contributed by atoms with E-state index in [1.54, 1.807) is 53.0 Å². The number of nitrogens with one attached hydrogen (secondary N) is 3. The SMILES string of the molecule is CNC(C(=O)NC(Cc1ccccc1)C(=O)N1CCCC(C(=O)O[C@@H](C/C=C/C=C/CC(C)C(O)C(C=O)CCC(C)=O)/C(C)=C/C=C/C(=O)OC(C)(C)C)N1)C(C)C. The second-order valence-electron chi connectivity index (χ2n) is 16.6. The van der Waals surface area contributed by atoms with Crippen molar-refractivity contribution >= 4 is 35.8 Å². The summed E-state index contributed by atoms with van der Waals surface area (Å²) in [5.41, 5.74) is 3.95. The van der Waals surface area contributed by atoms with Crippen LogP contribution in [0.2, 0.25) is 0 Å². The smallest absolute Gasteiger partial charge is 0.331 e. The number of aliphatic hydroxyl groups excluding tert-OH is 1. The first kappa shape index (κ1) is 50.4. The zero-order valence-corrected chi connectivity index (χ0v) is 36.4. The number of amides is 2. The minimum atomic E-state index is -0.890. The summed E-state index contributed by atoms with van der Waals surface area (Å²) in [6.45, 7) is 14.6. The first-order valence-corrected chi connectivity index (χ1v) is 20.7. The van der Waals surface area contributed by atoms with Gasteiger partial charge < -0.3 is 34.8 Å². The lowest BCUT2D eigenvalue weighted by Gasteiger charge is -2.36. The molecule has 1 saturated heterocycles. The number of hydrogen-bond donors (Lipinski definition) is 4. The molecule has 1 aliphatic rings. The van der Waals surface area contributed by atoms with E-state index in [1.165, 1.54) is 18.0 Å². The fraction of sp³-hybridized carbons (Fsp3) is 0.565. The molecule has 326 valence electrons. The van der Waals surface area contributed by atoms with E-state index in [2.05, 4.69) is 16.1 Å². The summed E-state index contributed by atoms with van der Waals surface area (Å²) in [7, 11) is 1.70. The monoisotopic (exact) mass is 820 g/mol. The number of benzene rings is 1. The number of aldehydes is 1. The molecule has 2 rings (SSSR count). The van der Waals surface area contributed by atoms with Crippen LogP contribution in [0.5, 0.6) is 0 Å². The Hall–Kier alpha value is -4.72. The topological polar surface area (TPSA) is 180 Å². The number of ketones is 1. The first-order valence-electron chi connectivity index (χ1n) is 20.7. The van der Waals surface area contributed by atoms with E-state index in [4.69, 9.17) is 9.47 Å². The number of carbonyl (C=O) groups excluding carboxylic acids is 6. The summed E-state index contributed by atoms with van der Waals surface area (Å²) in [5, 5.41) is 18.0. The Morgan fingerprint density at radius 1 is 1.00 bits per heavy atom. The minimum absolute atomic E-state index is 0.0149. The highest BCUT2D eigenvalue weighted by atomic mass is 16.6. The van der Waals surface area contributed by atoms with Gasteiger partial charge in [0.25, 0.3) is 5.91 Å². The highest BCUT2D eigenvalue weighted by molar-refractivity contribution is 5.90. The Balaban J connectivity index is 2.23. The Kier molecular flexibility index (Phi) is 22.0. The normalized spacial score (nSPS) is 18.3. The lowest BCUT2D eigenvalue weighted by molar-refractivity contribution is -0.156. The molecule has 0 radical (unpaired) electrons. The highest BCUT2D eigenvalue weighted by Gasteiger charge is 2.35. The summed E-state index contributed by atoms with van der Waals surface area (Å²) >= 11 is 0. The van der Waals surface area contributed by atoms with Crippen molar-refractivity contribution < 1.29 is 43.3 Å². The molecule has 6 unspecified atom stereocenters. The minimum Gasteiger partial charge on any atom is -0.457 e. The van der Waals surface area contributed by atoms with Crippen LogP contribution in [0.15, 0.2) is 78.4 Å². The number of ether oxygens (including phenoxy) is 2. The van der Waals surface area contributed by atoms with Gasteiger partial charge in [-0.3, -0.25) is 19.4 Å². The molecule has 13 nitrogen and oxygen atoms in total. The number of esters is 2. The van der Waals surface area contributed by atoms with Crippen LogP contribution < -0.4 is 16.1 Å². The third-order valence-electron chi connectivity index (χ3n) is 9.93. The van der Waals surface area contributed by atoms with Crippen LogP contribution in [0.25, 0.3) is 0 Å². The molecule has 0 bridgehead atoms. The molecule has 0 saturated carbocycles. The van der Waals surface area contributed by atoms with Crippen LogP contribution in [0, 0.1) is 17.8 Å². The van der Waals surface area contributed by atoms with Crippen LogP contribution in [0.4, 0.5) is 0 Å². The second kappa shape index (κ2) is 25.7. The molecule has 1 heterocycles. The van der Waals surface area contributed by atoms with Crippen molar-refractivity contribution in [1.29, 1.82) is 0 Å². The maximum absolute atomic E-state index is 14.1. The molecule has 1 aromatic rings. The number of hydrazine groups is 1. The molecule has 59 heavy (non-hydrogen) atoms. The van der Waals surface area contributed by atoms with E-state index in [0.717, 1.165) is 5.56 Å². The Labute approximate surface area is 351 Å². The van der Waals surface area contributed by atoms with E-state index in [9.17, 15) is 33.9 Å². The molecule has 2 amide bonds. The van der Waals surface area contributed by atoms with Crippen molar-refractivity contribution in [3.05, 3.63) is 84.0 Å². The van der Waals surface area contributed by atoms with E-state index < -0.39 is 53.8 Å². The van der Waals surface area contributed by atoms with Crippen molar-refractivity contribution in [2.75, 3.05) is 13.6 Å². The molecule has 0 spiro atoms. The average Bonchev–Trinajstić information content (AvgIpc) is 3.17. The molecular formula is C46H68N4O9. The van der Waals surface area contributed by atoms with Crippen LogP contribution >= 0.6 is 0 Å². The Morgan fingerprint density at radius 2 is 1.66 bits per heavy atom. The zero-order valence-electron chi connectivity index (χ0n) is 36.4. The van der Waals surface area contributed by atoms with Crippen LogP contribution in [-0.2, 0) is 44.7 Å². The van der Waals surface area contributed by atoms with Crippen molar-refractivity contribution in [1.82, 2.24) is 21.1 Å². The molecule has 7 atom stereocenters. The third-order valence-corrected chi connectivity index (χ3v) is 9.93. The highest BCUT2D eigenvalue weighted by Crippen LogP contribution is 2.21. The van der Waals surface area contributed by atoms with Crippen LogP contribution in [0.1, 0.15) is 99.5 Å². The lowest BCUT2D eigenvalue weighted by atomic mass is 9.87. The maximum Gasteiger partial charge on any atom is 0.331 e. The number of likely N-dealkylation sites (N-methyl/N-ethyl adjacent to an activating group) is 1. The van der Waals surface area contributed by atoms with Gasteiger partial charge in [0.2, 0.25) is 5.91 Å². The number of hydrogen-bond acceptors (Lipinski definition) is 11. The average molecular weight is 821 g/mol. The van der Waals surface area contributed by atoms with Gasteiger partial charge in [-0.05, 0) is 90.3 Å². The lowest BCUT2D eigenvalue weighted by Crippen LogP contribution is -2.61. The van der Waals surface area contributed by atoms with Crippen molar-refractivity contribution in [3.8, 4) is 0 Å². The van der Waals surface area contributed by atoms with Gasteiger partial charge in [0.1, 0.15) is 35.9 Å². The van der Waals surface area contributed by atoms with E-state index in [-0.39, 0.29) is 48.7 Å². The Morgan fingerprint density at radius 3 is 2.25 bits per heavy atom. The summed E-state index contributed by atoms with van der Waals surface area (Å²) in [5.74, 6) is -2.62. The van der Waals surface area contributed by atoms with Gasteiger partial charge in [-0.15, -0.1) is 0 Å².